The van der Waals surface area contributed by atoms with Gasteiger partial charge in [0.2, 0.25) is 0 Å². The maximum Gasteiger partial charge on any atom is 0.306 e. The second kappa shape index (κ2) is 30.2. The molecule has 0 aromatic carbocycles. The third-order valence-corrected chi connectivity index (χ3v) is 7.47. The van der Waals surface area contributed by atoms with Crippen molar-refractivity contribution in [3.8, 4) is 0 Å². The van der Waals surface area contributed by atoms with Gasteiger partial charge in [0.1, 0.15) is 6.10 Å². The Morgan fingerprint density at radius 1 is 0.553 bits per heavy atom. The first-order valence-electron chi connectivity index (χ1n) is 16.7. The summed E-state index contributed by atoms with van der Waals surface area (Å²) in [6, 6.07) is 0. The number of ether oxygens (including phenoxy) is 1. The monoisotopic (exact) mass is 536 g/mol. The number of carbonyl (C=O) groups excluding carboxylic acids is 1. The van der Waals surface area contributed by atoms with E-state index in [0.29, 0.717) is 12.8 Å². The average Bonchev–Trinajstić information content (AvgIpc) is 2.89. The molecule has 1 atom stereocenters. The number of allylic oxidation sites excluding steroid dienone is 2. The van der Waals surface area contributed by atoms with Gasteiger partial charge in [-0.1, -0.05) is 129 Å². The Bertz CT molecular complexity index is 543. The number of rotatable bonds is 30. The Kier molecular flexibility index (Phi) is 29.2. The highest BCUT2D eigenvalue weighted by Crippen LogP contribution is 2.17. The van der Waals surface area contributed by atoms with Crippen molar-refractivity contribution in [2.24, 2.45) is 0 Å². The lowest BCUT2D eigenvalue weighted by molar-refractivity contribution is -0.150. The van der Waals surface area contributed by atoms with Crippen LogP contribution in [0.3, 0.4) is 0 Å². The molecule has 0 rings (SSSR count). The van der Waals surface area contributed by atoms with Crippen molar-refractivity contribution < 1.29 is 19.4 Å². The van der Waals surface area contributed by atoms with Crippen LogP contribution in [0.5, 0.6) is 0 Å². The van der Waals surface area contributed by atoms with E-state index in [-0.39, 0.29) is 12.1 Å². The van der Waals surface area contributed by atoms with Gasteiger partial charge in [-0.2, -0.15) is 0 Å². The molecule has 0 fully saturated rings. The van der Waals surface area contributed by atoms with E-state index in [9.17, 15) is 9.59 Å². The molecular weight excluding hydrogens is 472 g/mol. The standard InChI is InChI=1S/C34H64O4/c1-3-5-6-7-8-9-10-11-15-18-21-24-27-31-34(37)38-32(28-4-2)29-25-22-19-16-13-12-14-17-20-23-26-30-33(35)36/h9-10,32H,3-8,11-31H2,1-2H3,(H,35,36)/b10-9-. The fraction of sp³-hybridized carbons (Fsp3) is 0.882. The van der Waals surface area contributed by atoms with Gasteiger partial charge in [-0.25, -0.2) is 0 Å². The largest absolute Gasteiger partial charge is 0.481 e. The molecule has 0 spiro atoms. The molecule has 4 nitrogen and oxygen atoms in total. The van der Waals surface area contributed by atoms with Crippen LogP contribution in [-0.2, 0) is 14.3 Å². The Balaban J connectivity index is 3.58. The number of hydrogen-bond donors (Lipinski definition) is 1. The topological polar surface area (TPSA) is 63.6 Å². The van der Waals surface area contributed by atoms with Crippen LogP contribution in [0.25, 0.3) is 0 Å². The fourth-order valence-corrected chi connectivity index (χ4v) is 5.05. The summed E-state index contributed by atoms with van der Waals surface area (Å²) in [6.07, 6.45) is 35.6. The summed E-state index contributed by atoms with van der Waals surface area (Å²) >= 11 is 0. The molecule has 0 heterocycles. The van der Waals surface area contributed by atoms with Crippen LogP contribution in [-0.4, -0.2) is 23.1 Å². The molecule has 0 aromatic rings. The minimum atomic E-state index is -0.674. The Hall–Kier alpha value is -1.32. The highest BCUT2D eigenvalue weighted by molar-refractivity contribution is 5.69. The van der Waals surface area contributed by atoms with E-state index in [0.717, 1.165) is 51.4 Å². The van der Waals surface area contributed by atoms with Gasteiger partial charge in [0.15, 0.2) is 0 Å². The zero-order valence-electron chi connectivity index (χ0n) is 25.5. The van der Waals surface area contributed by atoms with Crippen molar-refractivity contribution in [1.82, 2.24) is 0 Å². The van der Waals surface area contributed by atoms with Crippen LogP contribution < -0.4 is 0 Å². The van der Waals surface area contributed by atoms with Crippen molar-refractivity contribution >= 4 is 11.9 Å². The Morgan fingerprint density at radius 2 is 1.00 bits per heavy atom. The fourth-order valence-electron chi connectivity index (χ4n) is 5.05. The third kappa shape index (κ3) is 29.2. The van der Waals surface area contributed by atoms with E-state index < -0.39 is 5.97 Å². The quantitative estimate of drug-likeness (QED) is 0.0563. The normalized spacial score (nSPS) is 12.3. The number of aliphatic carboxylic acids is 1. The molecule has 0 radical (unpaired) electrons. The van der Waals surface area contributed by atoms with Crippen LogP contribution in [0.2, 0.25) is 0 Å². The summed E-state index contributed by atoms with van der Waals surface area (Å²) in [7, 11) is 0. The number of hydrogen-bond acceptors (Lipinski definition) is 3. The van der Waals surface area contributed by atoms with Crippen LogP contribution in [0.15, 0.2) is 12.2 Å². The van der Waals surface area contributed by atoms with Gasteiger partial charge >= 0.3 is 11.9 Å². The molecular formula is C34H64O4. The smallest absolute Gasteiger partial charge is 0.306 e. The molecule has 224 valence electrons. The molecule has 1 unspecified atom stereocenters. The molecule has 0 amide bonds. The Labute approximate surface area is 236 Å². The second-order valence-corrected chi connectivity index (χ2v) is 11.3. The maximum atomic E-state index is 12.3. The predicted octanol–water partition coefficient (Wildman–Crippen LogP) is 11.1. The summed E-state index contributed by atoms with van der Waals surface area (Å²) in [5, 5.41) is 8.64. The van der Waals surface area contributed by atoms with Crippen molar-refractivity contribution in [1.29, 1.82) is 0 Å². The molecule has 0 aliphatic heterocycles. The molecule has 0 aromatic heterocycles. The van der Waals surface area contributed by atoms with Gasteiger partial charge in [0, 0.05) is 12.8 Å². The number of esters is 1. The number of unbranched alkanes of at least 4 members (excludes halogenated alkanes) is 19. The van der Waals surface area contributed by atoms with Crippen molar-refractivity contribution in [3.05, 3.63) is 12.2 Å². The highest BCUT2D eigenvalue weighted by atomic mass is 16.5. The minimum Gasteiger partial charge on any atom is -0.481 e. The van der Waals surface area contributed by atoms with Gasteiger partial charge in [-0.15, -0.1) is 0 Å². The van der Waals surface area contributed by atoms with Gasteiger partial charge < -0.3 is 9.84 Å². The van der Waals surface area contributed by atoms with Crippen molar-refractivity contribution in [2.75, 3.05) is 0 Å². The van der Waals surface area contributed by atoms with Crippen molar-refractivity contribution in [2.45, 2.75) is 193 Å². The zero-order chi connectivity index (χ0) is 27.9. The molecule has 0 saturated heterocycles. The van der Waals surface area contributed by atoms with Crippen LogP contribution in [0, 0.1) is 0 Å². The third-order valence-electron chi connectivity index (χ3n) is 7.47. The van der Waals surface area contributed by atoms with Gasteiger partial charge in [-0.05, 0) is 57.8 Å². The van der Waals surface area contributed by atoms with Crippen LogP contribution in [0.1, 0.15) is 187 Å². The molecule has 4 heteroatoms. The number of carboxylic acid groups (broad SMARTS) is 1. The maximum absolute atomic E-state index is 12.3. The average molecular weight is 537 g/mol. The highest BCUT2D eigenvalue weighted by Gasteiger charge is 2.13. The summed E-state index contributed by atoms with van der Waals surface area (Å²) in [6.45, 7) is 4.43. The first-order valence-corrected chi connectivity index (χ1v) is 16.7. The molecule has 0 bridgehead atoms. The van der Waals surface area contributed by atoms with E-state index in [4.69, 9.17) is 9.84 Å². The minimum absolute atomic E-state index is 0.0115. The second-order valence-electron chi connectivity index (χ2n) is 11.3. The van der Waals surface area contributed by atoms with Crippen LogP contribution >= 0.6 is 0 Å². The van der Waals surface area contributed by atoms with E-state index in [1.807, 2.05) is 0 Å². The summed E-state index contributed by atoms with van der Waals surface area (Å²) in [4.78, 5) is 22.8. The van der Waals surface area contributed by atoms with Gasteiger partial charge in [0.25, 0.3) is 0 Å². The Morgan fingerprint density at radius 3 is 1.50 bits per heavy atom. The summed E-state index contributed by atoms with van der Waals surface area (Å²) in [5.41, 5.74) is 0. The van der Waals surface area contributed by atoms with E-state index >= 15 is 0 Å². The van der Waals surface area contributed by atoms with Gasteiger partial charge in [-0.3, -0.25) is 9.59 Å². The van der Waals surface area contributed by atoms with Crippen molar-refractivity contribution in [3.63, 3.8) is 0 Å². The zero-order valence-corrected chi connectivity index (χ0v) is 25.5. The molecule has 0 saturated carbocycles. The molecule has 38 heavy (non-hydrogen) atoms. The predicted molar refractivity (Wildman–Crippen MR) is 163 cm³/mol. The number of carboxylic acids is 1. The summed E-state index contributed by atoms with van der Waals surface area (Å²) < 4.78 is 5.83. The summed E-state index contributed by atoms with van der Waals surface area (Å²) in [5.74, 6) is -0.662. The SMILES string of the molecule is CCCCCC/C=C\CCCCCCCC(=O)OC(CCC)CCCCCCCCCCCCCC(=O)O. The lowest BCUT2D eigenvalue weighted by Gasteiger charge is -2.17. The molecule has 0 aliphatic carbocycles. The first kappa shape index (κ1) is 36.7. The lowest BCUT2D eigenvalue weighted by atomic mass is 10.0. The van der Waals surface area contributed by atoms with Crippen LogP contribution in [0.4, 0.5) is 0 Å². The molecule has 0 aliphatic rings. The van der Waals surface area contributed by atoms with Gasteiger partial charge in [0.05, 0.1) is 0 Å². The van der Waals surface area contributed by atoms with E-state index in [2.05, 4.69) is 26.0 Å². The molecule has 1 N–H and O–H groups in total. The van der Waals surface area contributed by atoms with E-state index in [1.54, 1.807) is 0 Å². The van der Waals surface area contributed by atoms with E-state index in [1.165, 1.54) is 109 Å². The lowest BCUT2D eigenvalue weighted by Crippen LogP contribution is -2.18. The number of carbonyl (C=O) groups is 2. The first-order chi connectivity index (χ1) is 18.6.